The van der Waals surface area contributed by atoms with Crippen LogP contribution in [0.3, 0.4) is 0 Å². The molecule has 0 aliphatic carbocycles. The molecule has 0 saturated carbocycles. The molecule has 0 radical (unpaired) electrons. The highest BCUT2D eigenvalue weighted by atomic mass is 35.5. The van der Waals surface area contributed by atoms with Crippen LogP contribution in [-0.4, -0.2) is 16.2 Å². The van der Waals surface area contributed by atoms with E-state index in [1.165, 1.54) is 0 Å². The van der Waals surface area contributed by atoms with Gasteiger partial charge in [0, 0.05) is 5.88 Å². The second-order valence-corrected chi connectivity index (χ2v) is 4.71. The molecule has 0 aromatic heterocycles. The van der Waals surface area contributed by atoms with E-state index in [-0.39, 0.29) is 0 Å². The normalized spacial score (nSPS) is 12.8. The first-order valence-electron chi connectivity index (χ1n) is 4.34. The summed E-state index contributed by atoms with van der Waals surface area (Å²) in [5.41, 5.74) is 0. The number of halogens is 1. The summed E-state index contributed by atoms with van der Waals surface area (Å²) < 4.78 is 11.6. The monoisotopic (exact) mass is 216 g/mol. The molecule has 0 fully saturated rings. The molecule has 3 heteroatoms. The van der Waals surface area contributed by atoms with Crippen LogP contribution in [0.25, 0.3) is 0 Å². The molecule has 0 amide bonds. The van der Waals surface area contributed by atoms with E-state index in [1.54, 1.807) is 0 Å². The first kappa shape index (κ1) is 10.9. The second-order valence-electron chi connectivity index (χ2n) is 2.76. The molecule has 0 aliphatic rings. The Bertz CT molecular complexity index is 228. The largest absolute Gasteiger partial charge is 0.611 e. The predicted molar refractivity (Wildman–Crippen MR) is 57.7 cm³/mol. The Morgan fingerprint density at radius 3 is 2.46 bits per heavy atom. The van der Waals surface area contributed by atoms with Gasteiger partial charge in [-0.25, -0.2) is 0 Å². The highest BCUT2D eigenvalue weighted by Gasteiger charge is 2.08. The summed E-state index contributed by atoms with van der Waals surface area (Å²) in [4.78, 5) is 0.914. The van der Waals surface area contributed by atoms with Crippen molar-refractivity contribution in [3.63, 3.8) is 0 Å². The van der Waals surface area contributed by atoms with E-state index in [4.69, 9.17) is 11.6 Å². The minimum Gasteiger partial charge on any atom is -0.611 e. The molecule has 1 aromatic carbocycles. The van der Waals surface area contributed by atoms with Crippen molar-refractivity contribution in [3.05, 3.63) is 30.3 Å². The van der Waals surface area contributed by atoms with Gasteiger partial charge in [-0.1, -0.05) is 18.2 Å². The third-order valence-corrected chi connectivity index (χ3v) is 3.44. The minimum absolute atomic E-state index is 0.659. The Balaban J connectivity index is 2.35. The van der Waals surface area contributed by atoms with E-state index < -0.39 is 11.2 Å². The molecular weight excluding hydrogens is 204 g/mol. The van der Waals surface area contributed by atoms with Crippen molar-refractivity contribution in [1.29, 1.82) is 0 Å². The van der Waals surface area contributed by atoms with Crippen molar-refractivity contribution in [2.45, 2.75) is 17.7 Å². The van der Waals surface area contributed by atoms with Crippen molar-refractivity contribution < 1.29 is 4.55 Å². The molecule has 0 spiro atoms. The lowest BCUT2D eigenvalue weighted by Crippen LogP contribution is -2.06. The fourth-order valence-electron chi connectivity index (χ4n) is 1.02. The Labute approximate surface area is 87.3 Å². The van der Waals surface area contributed by atoms with Gasteiger partial charge in [0.2, 0.25) is 0 Å². The van der Waals surface area contributed by atoms with Gasteiger partial charge in [-0.15, -0.1) is 11.6 Å². The maximum Gasteiger partial charge on any atom is 0.152 e. The number of benzene rings is 1. The van der Waals surface area contributed by atoms with Gasteiger partial charge in [0.1, 0.15) is 5.75 Å². The van der Waals surface area contributed by atoms with E-state index in [0.717, 1.165) is 23.5 Å². The zero-order valence-electron chi connectivity index (χ0n) is 7.41. The maximum absolute atomic E-state index is 11.6. The number of unbranched alkanes of at least 4 members (excludes halogenated alkanes) is 1. The molecule has 1 unspecified atom stereocenters. The molecule has 1 atom stereocenters. The predicted octanol–water partition coefficient (Wildman–Crippen LogP) is 2.81. The highest BCUT2D eigenvalue weighted by Crippen LogP contribution is 2.11. The second kappa shape index (κ2) is 6.30. The van der Waals surface area contributed by atoms with Crippen LogP contribution in [0.15, 0.2) is 35.2 Å². The SMILES string of the molecule is [O-][S+](CCCCCl)c1ccccc1. The molecule has 1 rings (SSSR count). The van der Waals surface area contributed by atoms with Crippen LogP contribution >= 0.6 is 11.6 Å². The topological polar surface area (TPSA) is 23.1 Å². The quantitative estimate of drug-likeness (QED) is 0.422. The van der Waals surface area contributed by atoms with Crippen LogP contribution in [0.2, 0.25) is 0 Å². The van der Waals surface area contributed by atoms with Gasteiger partial charge in [0.15, 0.2) is 4.90 Å². The van der Waals surface area contributed by atoms with Crippen molar-refractivity contribution in [3.8, 4) is 0 Å². The Morgan fingerprint density at radius 1 is 1.15 bits per heavy atom. The molecule has 0 N–H and O–H groups in total. The van der Waals surface area contributed by atoms with Crippen molar-refractivity contribution in [2.24, 2.45) is 0 Å². The van der Waals surface area contributed by atoms with Gasteiger partial charge in [-0.2, -0.15) is 0 Å². The lowest BCUT2D eigenvalue weighted by molar-refractivity contribution is 0.592. The van der Waals surface area contributed by atoms with Crippen molar-refractivity contribution in [2.75, 3.05) is 11.6 Å². The fraction of sp³-hybridized carbons (Fsp3) is 0.400. The number of hydrogen-bond donors (Lipinski definition) is 0. The molecule has 0 heterocycles. The summed E-state index contributed by atoms with van der Waals surface area (Å²) in [7, 11) is 0. The third kappa shape index (κ3) is 4.03. The zero-order valence-corrected chi connectivity index (χ0v) is 8.98. The zero-order chi connectivity index (χ0) is 9.52. The first-order valence-corrected chi connectivity index (χ1v) is 6.19. The smallest absolute Gasteiger partial charge is 0.152 e. The van der Waals surface area contributed by atoms with Gasteiger partial charge >= 0.3 is 0 Å². The minimum atomic E-state index is -0.844. The molecular formula is C10H13ClOS. The number of rotatable bonds is 5. The van der Waals surface area contributed by atoms with Crippen LogP contribution < -0.4 is 0 Å². The number of alkyl halides is 1. The van der Waals surface area contributed by atoms with Crippen molar-refractivity contribution >= 4 is 22.8 Å². The van der Waals surface area contributed by atoms with Gasteiger partial charge in [0.05, 0.1) is 0 Å². The average Bonchev–Trinajstić information content (AvgIpc) is 2.19. The van der Waals surface area contributed by atoms with Crippen LogP contribution in [0, 0.1) is 0 Å². The van der Waals surface area contributed by atoms with E-state index in [0.29, 0.717) is 5.88 Å². The Kier molecular flexibility index (Phi) is 5.28. The molecule has 0 bridgehead atoms. The van der Waals surface area contributed by atoms with Gasteiger partial charge in [-0.05, 0) is 36.2 Å². The summed E-state index contributed by atoms with van der Waals surface area (Å²) >= 11 is 4.69. The summed E-state index contributed by atoms with van der Waals surface area (Å²) in [6.45, 7) is 0. The lowest BCUT2D eigenvalue weighted by atomic mass is 10.4. The Hall–Kier alpha value is -0.180. The van der Waals surface area contributed by atoms with E-state index in [1.807, 2.05) is 30.3 Å². The van der Waals surface area contributed by atoms with E-state index in [9.17, 15) is 4.55 Å². The van der Waals surface area contributed by atoms with Crippen LogP contribution in [-0.2, 0) is 11.2 Å². The summed E-state index contributed by atoms with van der Waals surface area (Å²) in [6, 6.07) is 9.55. The average molecular weight is 217 g/mol. The Morgan fingerprint density at radius 2 is 1.85 bits per heavy atom. The van der Waals surface area contributed by atoms with Gasteiger partial charge < -0.3 is 4.55 Å². The highest BCUT2D eigenvalue weighted by molar-refractivity contribution is 7.91. The third-order valence-electron chi connectivity index (χ3n) is 1.72. The van der Waals surface area contributed by atoms with E-state index in [2.05, 4.69) is 0 Å². The first-order chi connectivity index (χ1) is 6.34. The number of hydrogen-bond acceptors (Lipinski definition) is 1. The maximum atomic E-state index is 11.6. The van der Waals surface area contributed by atoms with Gasteiger partial charge in [0.25, 0.3) is 0 Å². The molecule has 13 heavy (non-hydrogen) atoms. The molecule has 72 valence electrons. The standard InChI is InChI=1S/C10H13ClOS/c11-8-4-5-9-13(12)10-6-2-1-3-7-10/h1-3,6-7H,4-5,8-9H2. The van der Waals surface area contributed by atoms with Crippen LogP contribution in [0.4, 0.5) is 0 Å². The molecule has 0 aliphatic heterocycles. The summed E-state index contributed by atoms with van der Waals surface area (Å²) in [6.07, 6.45) is 1.88. The fourth-order valence-corrected chi connectivity index (χ4v) is 2.37. The van der Waals surface area contributed by atoms with E-state index >= 15 is 0 Å². The summed E-state index contributed by atoms with van der Waals surface area (Å²) in [5.74, 6) is 1.38. The van der Waals surface area contributed by atoms with Gasteiger partial charge in [-0.3, -0.25) is 0 Å². The molecule has 1 aromatic rings. The van der Waals surface area contributed by atoms with Crippen LogP contribution in [0.5, 0.6) is 0 Å². The summed E-state index contributed by atoms with van der Waals surface area (Å²) in [5, 5.41) is 0. The van der Waals surface area contributed by atoms with Crippen LogP contribution in [0.1, 0.15) is 12.8 Å². The molecule has 1 nitrogen and oxygen atoms in total. The lowest BCUT2D eigenvalue weighted by Gasteiger charge is -2.09. The molecule has 0 saturated heterocycles. The van der Waals surface area contributed by atoms with Crippen molar-refractivity contribution in [1.82, 2.24) is 0 Å².